The molecular formula is C21H16Cl3NO4S. The molecule has 1 heterocycles. The highest BCUT2D eigenvalue weighted by atomic mass is 35.5. The van der Waals surface area contributed by atoms with Crippen LogP contribution in [0, 0.1) is 0 Å². The van der Waals surface area contributed by atoms with Crippen LogP contribution in [0.1, 0.15) is 56.5 Å². The average Bonchev–Trinajstić information content (AvgIpc) is 3.01. The number of hydrogen-bond acceptors (Lipinski definition) is 4. The molecule has 1 aromatic heterocycles. The Kier molecular flexibility index (Phi) is 7.06. The molecule has 0 radical (unpaired) electrons. The van der Waals surface area contributed by atoms with Gasteiger partial charge >= 0.3 is 5.97 Å². The molecule has 3 rings (SSSR count). The summed E-state index contributed by atoms with van der Waals surface area (Å²) in [5, 5.41) is 23.1. The van der Waals surface area contributed by atoms with Crippen LogP contribution < -0.4 is 5.32 Å². The van der Waals surface area contributed by atoms with Crippen molar-refractivity contribution in [3.8, 4) is 0 Å². The monoisotopic (exact) mass is 483 g/mol. The average molecular weight is 485 g/mol. The summed E-state index contributed by atoms with van der Waals surface area (Å²) in [5.74, 6) is -1.54. The van der Waals surface area contributed by atoms with Crippen LogP contribution in [0.3, 0.4) is 0 Å². The number of amides is 1. The minimum atomic E-state index is -1.19. The number of halogens is 3. The summed E-state index contributed by atoms with van der Waals surface area (Å²) in [6, 6.07) is 12.3. The molecule has 0 aliphatic rings. The maximum Gasteiger partial charge on any atom is 0.335 e. The van der Waals surface area contributed by atoms with Crippen molar-refractivity contribution in [1.29, 1.82) is 0 Å². The number of thiophene rings is 1. The van der Waals surface area contributed by atoms with Gasteiger partial charge in [0.2, 0.25) is 0 Å². The largest absolute Gasteiger partial charge is 0.478 e. The number of aliphatic hydroxyl groups is 1. The number of aliphatic hydroxyl groups excluding tert-OH is 1. The number of hydrogen-bond donors (Lipinski definition) is 3. The lowest BCUT2D eigenvalue weighted by Gasteiger charge is -2.17. The molecule has 1 amide bonds. The van der Waals surface area contributed by atoms with Crippen molar-refractivity contribution >= 4 is 58.0 Å². The smallest absolute Gasteiger partial charge is 0.335 e. The maximum absolute atomic E-state index is 13.0. The van der Waals surface area contributed by atoms with E-state index in [-0.39, 0.29) is 25.4 Å². The lowest BCUT2D eigenvalue weighted by molar-refractivity contribution is 0.0696. The summed E-state index contributed by atoms with van der Waals surface area (Å²) in [4.78, 5) is 24.0. The van der Waals surface area contributed by atoms with Crippen LogP contribution in [0.2, 0.25) is 13.7 Å². The van der Waals surface area contributed by atoms with Crippen molar-refractivity contribution in [2.45, 2.75) is 19.1 Å². The molecule has 0 saturated heterocycles. The van der Waals surface area contributed by atoms with Crippen molar-refractivity contribution in [2.75, 3.05) is 0 Å². The van der Waals surface area contributed by atoms with E-state index >= 15 is 0 Å². The van der Waals surface area contributed by atoms with Crippen LogP contribution in [0.4, 0.5) is 0 Å². The van der Waals surface area contributed by atoms with E-state index in [1.807, 2.05) is 0 Å². The second-order valence-electron chi connectivity index (χ2n) is 6.52. The van der Waals surface area contributed by atoms with Gasteiger partial charge in [-0.1, -0.05) is 59.1 Å². The molecular weight excluding hydrogens is 469 g/mol. The van der Waals surface area contributed by atoms with Crippen molar-refractivity contribution in [3.63, 3.8) is 0 Å². The second kappa shape index (κ2) is 9.37. The van der Waals surface area contributed by atoms with Crippen LogP contribution in [-0.2, 0) is 0 Å². The molecule has 0 aliphatic carbocycles. The summed E-state index contributed by atoms with van der Waals surface area (Å²) < 4.78 is 0.359. The van der Waals surface area contributed by atoms with Crippen molar-refractivity contribution < 1.29 is 19.8 Å². The number of benzene rings is 2. The third-order valence-electron chi connectivity index (χ3n) is 4.53. The van der Waals surface area contributed by atoms with E-state index in [4.69, 9.17) is 39.9 Å². The Morgan fingerprint density at radius 2 is 1.67 bits per heavy atom. The SMILES string of the molecule is C[C@H](NC(=O)c1c(Cl)sc(Cl)c1C(O)c1cccc(Cl)c1)c1ccc(C(=O)O)cc1. The first-order valence-corrected chi connectivity index (χ1v) is 10.7. The highest BCUT2D eigenvalue weighted by Gasteiger charge is 2.28. The molecule has 0 aliphatic heterocycles. The molecule has 9 heteroatoms. The van der Waals surface area contributed by atoms with E-state index in [1.54, 1.807) is 43.3 Å². The molecule has 3 aromatic rings. The third kappa shape index (κ3) is 4.79. The summed E-state index contributed by atoms with van der Waals surface area (Å²) in [5.41, 5.74) is 1.64. The number of carboxylic acid groups (broad SMARTS) is 1. The van der Waals surface area contributed by atoms with Crippen LogP contribution in [0.5, 0.6) is 0 Å². The quantitative estimate of drug-likeness (QED) is 0.402. The number of carbonyl (C=O) groups excluding carboxylic acids is 1. The van der Waals surface area contributed by atoms with Gasteiger partial charge in [-0.15, -0.1) is 11.3 Å². The molecule has 3 N–H and O–H groups in total. The van der Waals surface area contributed by atoms with E-state index in [0.29, 0.717) is 16.1 Å². The Morgan fingerprint density at radius 1 is 1.00 bits per heavy atom. The zero-order valence-electron chi connectivity index (χ0n) is 15.5. The fourth-order valence-corrected chi connectivity index (χ4v) is 4.91. The second-order valence-corrected chi connectivity index (χ2v) is 9.18. The van der Waals surface area contributed by atoms with Crippen LogP contribution in [0.25, 0.3) is 0 Å². The molecule has 0 bridgehead atoms. The summed E-state index contributed by atoms with van der Waals surface area (Å²) in [6.07, 6.45) is -1.19. The van der Waals surface area contributed by atoms with Crippen molar-refractivity contribution in [1.82, 2.24) is 5.32 Å². The Bertz CT molecular complexity index is 1100. The third-order valence-corrected chi connectivity index (χ3v) is 6.40. The predicted molar refractivity (Wildman–Crippen MR) is 119 cm³/mol. The van der Waals surface area contributed by atoms with E-state index in [9.17, 15) is 14.7 Å². The minimum absolute atomic E-state index is 0.0909. The van der Waals surface area contributed by atoms with Gasteiger partial charge in [0.25, 0.3) is 5.91 Å². The molecule has 0 spiro atoms. The van der Waals surface area contributed by atoms with E-state index < -0.39 is 24.0 Å². The molecule has 1 unspecified atom stereocenters. The Labute approximate surface area is 191 Å². The maximum atomic E-state index is 13.0. The number of carbonyl (C=O) groups is 2. The normalized spacial score (nSPS) is 13.0. The molecule has 2 aromatic carbocycles. The molecule has 0 fully saturated rings. The van der Waals surface area contributed by atoms with Gasteiger partial charge < -0.3 is 15.5 Å². The van der Waals surface area contributed by atoms with Gasteiger partial charge in [-0.3, -0.25) is 4.79 Å². The molecule has 156 valence electrons. The standard InChI is InChI=1S/C21H16Cl3NO4S/c1-10(11-5-7-12(8-6-11)21(28)29)25-20(27)16-15(18(23)30-19(16)24)17(26)13-3-2-4-14(22)9-13/h2-10,17,26H,1H3,(H,25,27)(H,28,29)/t10-,17?/m0/s1. The lowest BCUT2D eigenvalue weighted by atomic mass is 9.99. The number of nitrogens with one attached hydrogen (secondary N) is 1. The topological polar surface area (TPSA) is 86.6 Å². The number of rotatable bonds is 6. The fourth-order valence-electron chi connectivity index (χ4n) is 2.95. The summed E-state index contributed by atoms with van der Waals surface area (Å²) in [7, 11) is 0. The first kappa shape index (κ1) is 22.6. The van der Waals surface area contributed by atoms with Crippen molar-refractivity contribution in [3.05, 3.63) is 90.0 Å². The van der Waals surface area contributed by atoms with Gasteiger partial charge in [0.1, 0.15) is 14.8 Å². The van der Waals surface area contributed by atoms with E-state index in [2.05, 4.69) is 5.32 Å². The molecule has 30 heavy (non-hydrogen) atoms. The van der Waals surface area contributed by atoms with Crippen LogP contribution in [-0.4, -0.2) is 22.1 Å². The van der Waals surface area contributed by atoms with Gasteiger partial charge in [-0.2, -0.15) is 0 Å². The summed E-state index contributed by atoms with van der Waals surface area (Å²) in [6.45, 7) is 1.75. The first-order valence-electron chi connectivity index (χ1n) is 8.74. The zero-order chi connectivity index (χ0) is 22.0. The fraction of sp³-hybridized carbons (Fsp3) is 0.143. The Hall–Kier alpha value is -2.09. The van der Waals surface area contributed by atoms with Gasteiger partial charge in [-0.25, -0.2) is 4.79 Å². The minimum Gasteiger partial charge on any atom is -0.478 e. The van der Waals surface area contributed by atoms with E-state index in [1.165, 1.54) is 12.1 Å². The highest BCUT2D eigenvalue weighted by Crippen LogP contribution is 2.42. The lowest BCUT2D eigenvalue weighted by Crippen LogP contribution is -2.27. The van der Waals surface area contributed by atoms with Gasteiger partial charge in [0, 0.05) is 10.6 Å². The van der Waals surface area contributed by atoms with Crippen LogP contribution in [0.15, 0.2) is 48.5 Å². The molecule has 2 atom stereocenters. The first-order chi connectivity index (χ1) is 14.2. The number of aromatic carboxylic acids is 1. The summed E-state index contributed by atoms with van der Waals surface area (Å²) >= 11 is 19.5. The highest BCUT2D eigenvalue weighted by molar-refractivity contribution is 7.20. The zero-order valence-corrected chi connectivity index (χ0v) is 18.6. The van der Waals surface area contributed by atoms with Gasteiger partial charge in [-0.05, 0) is 42.3 Å². The predicted octanol–water partition coefficient (Wildman–Crippen LogP) is 5.98. The number of carboxylic acids is 1. The van der Waals surface area contributed by atoms with Crippen LogP contribution >= 0.6 is 46.1 Å². The Morgan fingerprint density at radius 3 is 2.27 bits per heavy atom. The van der Waals surface area contributed by atoms with Crippen molar-refractivity contribution in [2.24, 2.45) is 0 Å². The molecule has 5 nitrogen and oxygen atoms in total. The molecule has 0 saturated carbocycles. The van der Waals surface area contributed by atoms with Gasteiger partial charge in [0.05, 0.1) is 17.2 Å². The van der Waals surface area contributed by atoms with Gasteiger partial charge in [0.15, 0.2) is 0 Å². The Balaban J connectivity index is 1.88. The van der Waals surface area contributed by atoms with E-state index in [0.717, 1.165) is 11.3 Å².